The monoisotopic (exact) mass is 265 g/mol. The van der Waals surface area contributed by atoms with Gasteiger partial charge in [0.1, 0.15) is 11.5 Å². The molecule has 1 atom stereocenters. The van der Waals surface area contributed by atoms with Crippen molar-refractivity contribution in [3.63, 3.8) is 0 Å². The van der Waals surface area contributed by atoms with Gasteiger partial charge in [-0.05, 0) is 43.6 Å². The molecule has 18 heavy (non-hydrogen) atoms. The lowest BCUT2D eigenvalue weighted by Gasteiger charge is -2.17. The Labute approximate surface area is 111 Å². The maximum atomic E-state index is 6.17. The van der Waals surface area contributed by atoms with Crippen LogP contribution in [0.25, 0.3) is 0 Å². The molecule has 0 bridgehead atoms. The average Bonchev–Trinajstić information content (AvgIpc) is 2.75. The van der Waals surface area contributed by atoms with E-state index < -0.39 is 0 Å². The van der Waals surface area contributed by atoms with E-state index in [1.54, 1.807) is 12.1 Å². The standard InChI is InChI=1S/C14H16ClNO2/c1-9(2)17-11-6-4-3-5-10(11)14(16)12-7-8-13(15)18-12/h3-9,14H,16H2,1-2H3. The van der Waals surface area contributed by atoms with Crippen LogP contribution >= 0.6 is 11.6 Å². The van der Waals surface area contributed by atoms with Gasteiger partial charge in [0, 0.05) is 5.56 Å². The molecule has 0 radical (unpaired) electrons. The third kappa shape index (κ3) is 2.86. The third-order valence-electron chi connectivity index (χ3n) is 2.52. The molecule has 0 aliphatic heterocycles. The van der Waals surface area contributed by atoms with Crippen LogP contribution in [-0.2, 0) is 0 Å². The molecule has 2 N–H and O–H groups in total. The summed E-state index contributed by atoms with van der Waals surface area (Å²) >= 11 is 5.76. The number of benzene rings is 1. The summed E-state index contributed by atoms with van der Waals surface area (Å²) in [7, 11) is 0. The van der Waals surface area contributed by atoms with E-state index in [2.05, 4.69) is 0 Å². The number of hydrogen-bond donors (Lipinski definition) is 1. The molecule has 2 rings (SSSR count). The van der Waals surface area contributed by atoms with Crippen molar-refractivity contribution in [1.29, 1.82) is 0 Å². The van der Waals surface area contributed by atoms with Crippen molar-refractivity contribution in [1.82, 2.24) is 0 Å². The first-order valence-electron chi connectivity index (χ1n) is 5.84. The van der Waals surface area contributed by atoms with Crippen LogP contribution in [0.15, 0.2) is 40.8 Å². The van der Waals surface area contributed by atoms with Crippen molar-refractivity contribution >= 4 is 11.6 Å². The summed E-state index contributed by atoms with van der Waals surface area (Å²) in [6.07, 6.45) is 0.0959. The number of halogens is 1. The minimum Gasteiger partial charge on any atom is -0.491 e. The van der Waals surface area contributed by atoms with Gasteiger partial charge in [0.05, 0.1) is 12.1 Å². The number of ether oxygens (including phenoxy) is 1. The van der Waals surface area contributed by atoms with Gasteiger partial charge in [-0.25, -0.2) is 0 Å². The summed E-state index contributed by atoms with van der Waals surface area (Å²) in [4.78, 5) is 0. The van der Waals surface area contributed by atoms with Crippen molar-refractivity contribution in [2.45, 2.75) is 26.0 Å². The van der Waals surface area contributed by atoms with Crippen LogP contribution in [0.4, 0.5) is 0 Å². The predicted octanol–water partition coefficient (Wildman–Crippen LogP) is 3.77. The van der Waals surface area contributed by atoms with Crippen LogP contribution in [0.5, 0.6) is 5.75 Å². The highest BCUT2D eigenvalue weighted by Crippen LogP contribution is 2.30. The van der Waals surface area contributed by atoms with Gasteiger partial charge < -0.3 is 14.9 Å². The second-order valence-corrected chi connectivity index (χ2v) is 4.70. The van der Waals surface area contributed by atoms with E-state index in [0.29, 0.717) is 11.0 Å². The second-order valence-electron chi connectivity index (χ2n) is 4.32. The lowest BCUT2D eigenvalue weighted by Crippen LogP contribution is -2.15. The molecular weight excluding hydrogens is 250 g/mol. The Bertz CT molecular complexity index is 522. The van der Waals surface area contributed by atoms with E-state index in [1.165, 1.54) is 0 Å². The zero-order chi connectivity index (χ0) is 13.1. The maximum absolute atomic E-state index is 6.17. The average molecular weight is 266 g/mol. The van der Waals surface area contributed by atoms with Crippen molar-refractivity contribution in [3.05, 3.63) is 52.9 Å². The summed E-state index contributed by atoms with van der Waals surface area (Å²) < 4.78 is 11.1. The van der Waals surface area contributed by atoms with Gasteiger partial charge >= 0.3 is 0 Å². The van der Waals surface area contributed by atoms with Gasteiger partial charge in [-0.3, -0.25) is 0 Å². The molecule has 0 aliphatic carbocycles. The highest BCUT2D eigenvalue weighted by molar-refractivity contribution is 6.28. The summed E-state index contributed by atoms with van der Waals surface area (Å²) in [6, 6.07) is 10.8. The predicted molar refractivity (Wildman–Crippen MR) is 72.0 cm³/mol. The summed E-state index contributed by atoms with van der Waals surface area (Å²) in [6.45, 7) is 3.96. The summed E-state index contributed by atoms with van der Waals surface area (Å²) in [5.74, 6) is 1.40. The van der Waals surface area contributed by atoms with E-state index in [9.17, 15) is 0 Å². The topological polar surface area (TPSA) is 48.4 Å². The van der Waals surface area contributed by atoms with Crippen molar-refractivity contribution in [3.8, 4) is 5.75 Å². The molecular formula is C14H16ClNO2. The van der Waals surface area contributed by atoms with Crippen LogP contribution in [0.3, 0.4) is 0 Å². The highest BCUT2D eigenvalue weighted by atomic mass is 35.5. The van der Waals surface area contributed by atoms with Crippen LogP contribution in [0.1, 0.15) is 31.2 Å². The van der Waals surface area contributed by atoms with Gasteiger partial charge in [-0.1, -0.05) is 18.2 Å². The molecule has 0 saturated carbocycles. The Balaban J connectivity index is 2.32. The van der Waals surface area contributed by atoms with Crippen LogP contribution in [0, 0.1) is 0 Å². The molecule has 0 fully saturated rings. The van der Waals surface area contributed by atoms with Crippen LogP contribution in [-0.4, -0.2) is 6.10 Å². The van der Waals surface area contributed by atoms with Crippen molar-refractivity contribution in [2.75, 3.05) is 0 Å². The Kier molecular flexibility index (Phi) is 3.94. The minimum absolute atomic E-state index is 0.0959. The molecule has 0 amide bonds. The molecule has 4 heteroatoms. The van der Waals surface area contributed by atoms with E-state index in [1.807, 2.05) is 38.1 Å². The Morgan fingerprint density at radius 1 is 1.17 bits per heavy atom. The smallest absolute Gasteiger partial charge is 0.193 e. The maximum Gasteiger partial charge on any atom is 0.193 e. The fraction of sp³-hybridized carbons (Fsp3) is 0.286. The van der Waals surface area contributed by atoms with Crippen molar-refractivity contribution < 1.29 is 9.15 Å². The number of hydrogen-bond acceptors (Lipinski definition) is 3. The van der Waals surface area contributed by atoms with Gasteiger partial charge in [-0.15, -0.1) is 0 Å². The first-order valence-corrected chi connectivity index (χ1v) is 6.22. The van der Waals surface area contributed by atoms with Gasteiger partial charge in [0.2, 0.25) is 0 Å². The molecule has 0 aliphatic rings. The lowest BCUT2D eigenvalue weighted by atomic mass is 10.0. The molecule has 0 saturated heterocycles. The molecule has 3 nitrogen and oxygen atoms in total. The summed E-state index contributed by atoms with van der Waals surface area (Å²) in [5.41, 5.74) is 7.06. The fourth-order valence-electron chi connectivity index (χ4n) is 1.75. The Hall–Kier alpha value is -1.45. The van der Waals surface area contributed by atoms with Gasteiger partial charge in [-0.2, -0.15) is 0 Å². The molecule has 1 aromatic carbocycles. The Morgan fingerprint density at radius 2 is 1.89 bits per heavy atom. The molecule has 0 spiro atoms. The normalized spacial score (nSPS) is 12.7. The van der Waals surface area contributed by atoms with Gasteiger partial charge in [0.25, 0.3) is 0 Å². The van der Waals surface area contributed by atoms with E-state index in [4.69, 9.17) is 26.5 Å². The number of furan rings is 1. The first-order chi connectivity index (χ1) is 8.58. The lowest BCUT2D eigenvalue weighted by molar-refractivity contribution is 0.239. The fourth-order valence-corrected chi connectivity index (χ4v) is 1.90. The first kappa shape index (κ1) is 13.0. The third-order valence-corrected chi connectivity index (χ3v) is 2.72. The minimum atomic E-state index is -0.382. The zero-order valence-electron chi connectivity index (χ0n) is 10.4. The van der Waals surface area contributed by atoms with Crippen LogP contribution < -0.4 is 10.5 Å². The largest absolute Gasteiger partial charge is 0.491 e. The molecule has 1 aromatic heterocycles. The molecule has 96 valence electrons. The van der Waals surface area contributed by atoms with E-state index in [0.717, 1.165) is 11.3 Å². The number of rotatable bonds is 4. The van der Waals surface area contributed by atoms with Crippen molar-refractivity contribution in [2.24, 2.45) is 5.73 Å². The Morgan fingerprint density at radius 3 is 2.50 bits per heavy atom. The number of nitrogens with two attached hydrogens (primary N) is 1. The summed E-state index contributed by atoms with van der Waals surface area (Å²) in [5, 5.41) is 0.336. The second kappa shape index (κ2) is 5.46. The molecule has 1 unspecified atom stereocenters. The van der Waals surface area contributed by atoms with Crippen LogP contribution in [0.2, 0.25) is 5.22 Å². The van der Waals surface area contributed by atoms with E-state index in [-0.39, 0.29) is 12.1 Å². The molecule has 2 aromatic rings. The SMILES string of the molecule is CC(C)Oc1ccccc1C(N)c1ccc(Cl)o1. The van der Waals surface area contributed by atoms with Gasteiger partial charge in [0.15, 0.2) is 5.22 Å². The van der Waals surface area contributed by atoms with E-state index >= 15 is 0 Å². The zero-order valence-corrected chi connectivity index (χ0v) is 11.1. The quantitative estimate of drug-likeness (QED) is 0.915. The highest BCUT2D eigenvalue weighted by Gasteiger charge is 2.17. The number of para-hydroxylation sites is 1. The molecule has 1 heterocycles.